The number of amides is 1. The summed E-state index contributed by atoms with van der Waals surface area (Å²) < 4.78 is 0. The fourth-order valence-electron chi connectivity index (χ4n) is 3.33. The average Bonchev–Trinajstić information content (AvgIpc) is 3.11. The van der Waals surface area contributed by atoms with Crippen LogP contribution in [0.15, 0.2) is 55.1 Å². The maximum atomic E-state index is 12.8. The number of rotatable bonds is 4. The van der Waals surface area contributed by atoms with Crippen molar-refractivity contribution in [2.75, 3.05) is 11.9 Å². The molecule has 0 aliphatic carbocycles. The third-order valence-electron chi connectivity index (χ3n) is 4.56. The van der Waals surface area contributed by atoms with Crippen LogP contribution in [0, 0.1) is 0 Å². The van der Waals surface area contributed by atoms with E-state index in [1.807, 2.05) is 30.3 Å². The Morgan fingerprint density at radius 1 is 1.16 bits per heavy atom. The fraction of sp³-hybridized carbons (Fsp3) is 0.263. The second-order valence-electron chi connectivity index (χ2n) is 6.19. The van der Waals surface area contributed by atoms with Crippen LogP contribution in [-0.2, 0) is 11.3 Å². The van der Waals surface area contributed by atoms with E-state index in [9.17, 15) is 4.79 Å². The lowest BCUT2D eigenvalue weighted by Crippen LogP contribution is -2.39. The van der Waals surface area contributed by atoms with Crippen LogP contribution in [0.3, 0.4) is 0 Å². The molecule has 1 N–H and O–H groups in total. The van der Waals surface area contributed by atoms with E-state index in [-0.39, 0.29) is 11.9 Å². The number of fused-ring (bicyclic) bond motifs is 1. The quantitative estimate of drug-likeness (QED) is 0.795. The van der Waals surface area contributed by atoms with Crippen LogP contribution in [0.4, 0.5) is 5.69 Å². The summed E-state index contributed by atoms with van der Waals surface area (Å²) in [4.78, 5) is 27.9. The lowest BCUT2D eigenvalue weighted by atomic mass is 10.1. The van der Waals surface area contributed by atoms with Crippen LogP contribution >= 0.6 is 0 Å². The number of carbonyl (C=O) groups excluding carboxylic acids is 1. The molecule has 25 heavy (non-hydrogen) atoms. The predicted octanol–water partition coefficient (Wildman–Crippen LogP) is 2.63. The average molecular weight is 333 g/mol. The van der Waals surface area contributed by atoms with E-state index in [4.69, 9.17) is 0 Å². The van der Waals surface area contributed by atoms with Gasteiger partial charge in [-0.1, -0.05) is 6.07 Å². The zero-order valence-electron chi connectivity index (χ0n) is 13.8. The summed E-state index contributed by atoms with van der Waals surface area (Å²) in [5.41, 5.74) is 2.57. The number of likely N-dealkylation sites (tertiary alicyclic amines) is 1. The maximum absolute atomic E-state index is 12.8. The van der Waals surface area contributed by atoms with Crippen LogP contribution in [-0.4, -0.2) is 38.3 Å². The molecule has 0 saturated carbocycles. The van der Waals surface area contributed by atoms with Crippen molar-refractivity contribution in [3.63, 3.8) is 0 Å². The maximum Gasteiger partial charge on any atom is 0.241 e. The molecule has 6 heteroatoms. The minimum absolute atomic E-state index is 0.0183. The number of anilines is 1. The van der Waals surface area contributed by atoms with Crippen LogP contribution in [0.25, 0.3) is 10.9 Å². The molecule has 1 unspecified atom stereocenters. The second kappa shape index (κ2) is 6.94. The van der Waals surface area contributed by atoms with Gasteiger partial charge in [0.2, 0.25) is 5.91 Å². The first-order chi connectivity index (χ1) is 12.3. The van der Waals surface area contributed by atoms with E-state index in [1.54, 1.807) is 24.8 Å². The number of pyridine rings is 3. The highest BCUT2D eigenvalue weighted by atomic mass is 16.2. The number of hydrogen-bond donors (Lipinski definition) is 1. The third-order valence-corrected chi connectivity index (χ3v) is 4.56. The Morgan fingerprint density at radius 3 is 3.00 bits per heavy atom. The van der Waals surface area contributed by atoms with Crippen LogP contribution in [0.2, 0.25) is 0 Å². The van der Waals surface area contributed by atoms with Crippen LogP contribution in [0.5, 0.6) is 0 Å². The van der Waals surface area contributed by atoms with Crippen molar-refractivity contribution in [2.24, 2.45) is 0 Å². The Hall–Kier alpha value is -2.86. The van der Waals surface area contributed by atoms with Gasteiger partial charge >= 0.3 is 0 Å². The fourth-order valence-corrected chi connectivity index (χ4v) is 3.33. The summed E-state index contributed by atoms with van der Waals surface area (Å²) in [6, 6.07) is 9.40. The van der Waals surface area contributed by atoms with Gasteiger partial charge in [-0.15, -0.1) is 0 Å². The molecule has 0 radical (unpaired) electrons. The molecule has 1 aliphatic heterocycles. The predicted molar refractivity (Wildman–Crippen MR) is 95.8 cm³/mol. The molecule has 1 fully saturated rings. The second-order valence-corrected chi connectivity index (χ2v) is 6.19. The molecular formula is C19H19N5O. The van der Waals surface area contributed by atoms with Gasteiger partial charge in [-0.05, 0) is 43.7 Å². The van der Waals surface area contributed by atoms with Crippen molar-refractivity contribution >= 4 is 22.5 Å². The van der Waals surface area contributed by atoms with Gasteiger partial charge in [-0.3, -0.25) is 24.6 Å². The summed E-state index contributed by atoms with van der Waals surface area (Å²) in [7, 11) is 0. The molecule has 0 spiro atoms. The molecule has 0 aromatic carbocycles. The summed E-state index contributed by atoms with van der Waals surface area (Å²) in [6.07, 6.45) is 8.81. The molecule has 3 aromatic heterocycles. The van der Waals surface area contributed by atoms with Crippen molar-refractivity contribution < 1.29 is 4.79 Å². The Balaban J connectivity index is 1.51. The van der Waals surface area contributed by atoms with Crippen molar-refractivity contribution in [2.45, 2.75) is 25.4 Å². The highest BCUT2D eigenvalue weighted by Crippen LogP contribution is 2.24. The SMILES string of the molecule is O=C(Nc1ccnc2ccncc12)C1CCCN1Cc1ccccn1. The molecule has 1 saturated heterocycles. The summed E-state index contributed by atoms with van der Waals surface area (Å²) >= 11 is 0. The topological polar surface area (TPSA) is 71.0 Å². The smallest absolute Gasteiger partial charge is 0.241 e. The van der Waals surface area contributed by atoms with E-state index < -0.39 is 0 Å². The first-order valence-corrected chi connectivity index (χ1v) is 8.45. The van der Waals surface area contributed by atoms with Gasteiger partial charge in [0.25, 0.3) is 0 Å². The summed E-state index contributed by atoms with van der Waals surface area (Å²) in [5, 5.41) is 3.92. The number of nitrogens with one attached hydrogen (secondary N) is 1. The monoisotopic (exact) mass is 333 g/mol. The van der Waals surface area contributed by atoms with Gasteiger partial charge in [0, 0.05) is 36.7 Å². The normalized spacial score (nSPS) is 17.7. The summed E-state index contributed by atoms with van der Waals surface area (Å²) in [5.74, 6) is 0.0183. The van der Waals surface area contributed by atoms with E-state index in [0.717, 1.165) is 41.7 Å². The molecule has 1 atom stereocenters. The number of carbonyl (C=O) groups is 1. The molecule has 126 valence electrons. The minimum Gasteiger partial charge on any atom is -0.324 e. The Kier molecular flexibility index (Phi) is 4.35. The molecule has 6 nitrogen and oxygen atoms in total. The number of aromatic nitrogens is 3. The van der Waals surface area contributed by atoms with Gasteiger partial charge in [-0.25, -0.2) is 0 Å². The molecule has 4 heterocycles. The molecule has 1 aliphatic rings. The first-order valence-electron chi connectivity index (χ1n) is 8.45. The first kappa shape index (κ1) is 15.7. The highest BCUT2D eigenvalue weighted by molar-refractivity contribution is 6.02. The van der Waals surface area contributed by atoms with Gasteiger partial charge < -0.3 is 5.32 Å². The number of nitrogens with zero attached hydrogens (tertiary/aromatic N) is 4. The lowest BCUT2D eigenvalue weighted by molar-refractivity contribution is -0.120. The zero-order valence-corrected chi connectivity index (χ0v) is 13.8. The molecular weight excluding hydrogens is 314 g/mol. The van der Waals surface area contributed by atoms with Crippen LogP contribution < -0.4 is 5.32 Å². The third kappa shape index (κ3) is 3.34. The van der Waals surface area contributed by atoms with Crippen LogP contribution in [0.1, 0.15) is 18.5 Å². The summed E-state index contributed by atoms with van der Waals surface area (Å²) in [6.45, 7) is 1.60. The lowest BCUT2D eigenvalue weighted by Gasteiger charge is -2.23. The van der Waals surface area contributed by atoms with E-state index in [1.165, 1.54) is 0 Å². The highest BCUT2D eigenvalue weighted by Gasteiger charge is 2.31. The minimum atomic E-state index is -0.137. The van der Waals surface area contributed by atoms with E-state index >= 15 is 0 Å². The Bertz CT molecular complexity index is 878. The van der Waals surface area contributed by atoms with Crippen molar-refractivity contribution in [1.82, 2.24) is 19.9 Å². The van der Waals surface area contributed by atoms with E-state index in [2.05, 4.69) is 25.2 Å². The van der Waals surface area contributed by atoms with Gasteiger partial charge in [-0.2, -0.15) is 0 Å². The van der Waals surface area contributed by atoms with Crippen molar-refractivity contribution in [3.05, 3.63) is 60.8 Å². The largest absolute Gasteiger partial charge is 0.324 e. The Labute approximate surface area is 145 Å². The molecule has 4 rings (SSSR count). The molecule has 0 bridgehead atoms. The molecule has 3 aromatic rings. The zero-order chi connectivity index (χ0) is 17.1. The van der Waals surface area contributed by atoms with Gasteiger partial charge in [0.1, 0.15) is 0 Å². The van der Waals surface area contributed by atoms with Crippen molar-refractivity contribution in [1.29, 1.82) is 0 Å². The number of hydrogen-bond acceptors (Lipinski definition) is 5. The van der Waals surface area contributed by atoms with Crippen molar-refractivity contribution in [3.8, 4) is 0 Å². The Morgan fingerprint density at radius 2 is 2.12 bits per heavy atom. The van der Waals surface area contributed by atoms with Gasteiger partial charge in [0.15, 0.2) is 0 Å². The van der Waals surface area contributed by atoms with E-state index in [0.29, 0.717) is 6.54 Å². The molecule has 1 amide bonds. The standard InChI is InChI=1S/C19H19N5O/c25-19(23-17-7-10-22-16-6-9-20-12-15(16)17)18-5-3-11-24(18)13-14-4-1-2-8-21-14/h1-2,4,6-10,12,18H,3,5,11,13H2,(H,22,23,25). The van der Waals surface area contributed by atoms with Gasteiger partial charge in [0.05, 0.1) is 22.9 Å².